The minimum atomic E-state index is 0.937. The quantitative estimate of drug-likeness (QED) is 0.328. The summed E-state index contributed by atoms with van der Waals surface area (Å²) in [5, 5.41) is 0. The number of hydrogen-bond acceptors (Lipinski definition) is 1. The van der Waals surface area contributed by atoms with Gasteiger partial charge >= 0.3 is 0 Å². The molecule has 126 valence electrons. The van der Waals surface area contributed by atoms with Gasteiger partial charge in [0.1, 0.15) is 0 Å². The van der Waals surface area contributed by atoms with Gasteiger partial charge in [-0.05, 0) is 38.8 Å². The molecule has 1 heteroatoms. The second-order valence-corrected chi connectivity index (χ2v) is 7.16. The fourth-order valence-corrected chi connectivity index (χ4v) is 3.77. The van der Waals surface area contributed by atoms with Crippen LogP contribution in [0.25, 0.3) is 0 Å². The molecular weight excluding hydrogens is 254 g/mol. The lowest BCUT2D eigenvalue weighted by Gasteiger charge is -2.24. The van der Waals surface area contributed by atoms with Crippen LogP contribution in [0.3, 0.4) is 0 Å². The summed E-state index contributed by atoms with van der Waals surface area (Å²) < 4.78 is 0. The molecule has 1 aliphatic rings. The Balaban J connectivity index is 1.98. The molecule has 0 bridgehead atoms. The van der Waals surface area contributed by atoms with Gasteiger partial charge in [0, 0.05) is 6.04 Å². The highest BCUT2D eigenvalue weighted by Gasteiger charge is 2.22. The molecule has 21 heavy (non-hydrogen) atoms. The van der Waals surface area contributed by atoms with Crippen LogP contribution >= 0.6 is 0 Å². The predicted molar refractivity (Wildman–Crippen MR) is 96.0 cm³/mol. The summed E-state index contributed by atoms with van der Waals surface area (Å²) in [6.07, 6.45) is 21.7. The topological polar surface area (TPSA) is 3.24 Å². The Kier molecular flexibility index (Phi) is 12.3. The molecule has 0 aliphatic carbocycles. The van der Waals surface area contributed by atoms with Crippen molar-refractivity contribution in [3.05, 3.63) is 0 Å². The first-order chi connectivity index (χ1) is 10.4. The van der Waals surface area contributed by atoms with Gasteiger partial charge in [0.2, 0.25) is 0 Å². The lowest BCUT2D eigenvalue weighted by molar-refractivity contribution is 0.233. The van der Waals surface area contributed by atoms with Crippen molar-refractivity contribution < 1.29 is 0 Å². The zero-order chi connectivity index (χ0) is 15.2. The van der Waals surface area contributed by atoms with E-state index < -0.39 is 0 Å². The maximum absolute atomic E-state index is 2.81. The largest absolute Gasteiger partial charge is 0.300 e. The van der Waals surface area contributed by atoms with Crippen LogP contribution in [0.2, 0.25) is 0 Å². The first-order valence-electron chi connectivity index (χ1n) is 10.1. The van der Waals surface area contributed by atoms with Crippen LogP contribution in [0.1, 0.15) is 110 Å². The highest BCUT2D eigenvalue weighted by atomic mass is 15.2. The van der Waals surface area contributed by atoms with Gasteiger partial charge in [-0.1, -0.05) is 84.5 Å². The van der Waals surface area contributed by atoms with Gasteiger partial charge in [-0.3, -0.25) is 0 Å². The van der Waals surface area contributed by atoms with Crippen LogP contribution in [0, 0.1) is 0 Å². The normalized spacial score (nSPS) is 19.4. The Bertz CT molecular complexity index is 192. The van der Waals surface area contributed by atoms with E-state index in [0.717, 1.165) is 6.04 Å². The van der Waals surface area contributed by atoms with Crippen LogP contribution in [-0.2, 0) is 0 Å². The minimum absolute atomic E-state index is 0.937. The summed E-state index contributed by atoms with van der Waals surface area (Å²) in [5.74, 6) is 0. The molecule has 0 saturated carbocycles. The molecule has 1 fully saturated rings. The number of hydrogen-bond donors (Lipinski definition) is 0. The van der Waals surface area contributed by atoms with Crippen LogP contribution in [0.5, 0.6) is 0 Å². The van der Waals surface area contributed by atoms with E-state index in [1.54, 1.807) is 0 Å². The molecule has 0 aromatic rings. The number of rotatable bonds is 14. The summed E-state index contributed by atoms with van der Waals surface area (Å²) >= 11 is 0. The molecular formula is C20H41N. The van der Waals surface area contributed by atoms with Gasteiger partial charge < -0.3 is 4.90 Å². The number of nitrogens with zero attached hydrogens (tertiary/aromatic N) is 1. The molecule has 0 N–H and O–H groups in total. The van der Waals surface area contributed by atoms with Crippen molar-refractivity contribution in [2.45, 2.75) is 116 Å². The molecule has 1 aliphatic heterocycles. The van der Waals surface area contributed by atoms with Crippen molar-refractivity contribution in [2.75, 3.05) is 13.1 Å². The van der Waals surface area contributed by atoms with E-state index in [9.17, 15) is 0 Å². The first-order valence-corrected chi connectivity index (χ1v) is 10.1. The van der Waals surface area contributed by atoms with Gasteiger partial charge in [-0.15, -0.1) is 0 Å². The van der Waals surface area contributed by atoms with Gasteiger partial charge in [0.15, 0.2) is 0 Å². The van der Waals surface area contributed by atoms with Gasteiger partial charge in [-0.2, -0.15) is 0 Å². The third-order valence-electron chi connectivity index (χ3n) is 5.19. The Morgan fingerprint density at radius 1 is 0.714 bits per heavy atom. The highest BCUT2D eigenvalue weighted by molar-refractivity contribution is 4.78. The summed E-state index contributed by atoms with van der Waals surface area (Å²) in [7, 11) is 0. The zero-order valence-corrected chi connectivity index (χ0v) is 15.0. The van der Waals surface area contributed by atoms with E-state index in [1.165, 1.54) is 109 Å². The summed E-state index contributed by atoms with van der Waals surface area (Å²) in [6.45, 7) is 7.37. The smallest absolute Gasteiger partial charge is 0.00957 e. The molecule has 0 aromatic carbocycles. The third kappa shape index (κ3) is 9.55. The Labute approximate surface area is 134 Å². The first kappa shape index (κ1) is 19.0. The molecule has 1 atom stereocenters. The van der Waals surface area contributed by atoms with E-state index in [-0.39, 0.29) is 0 Å². The standard InChI is InChI=1S/C20H41N/c1-3-5-7-9-11-13-16-20-17-15-19-21(20)18-14-12-10-8-6-4-2/h20H,3-19H2,1-2H3. The van der Waals surface area contributed by atoms with Crippen LogP contribution in [0.15, 0.2) is 0 Å². The number of likely N-dealkylation sites (tertiary alicyclic amines) is 1. The minimum Gasteiger partial charge on any atom is -0.300 e. The van der Waals surface area contributed by atoms with Gasteiger partial charge in [0.05, 0.1) is 0 Å². The molecule has 0 aromatic heterocycles. The van der Waals surface area contributed by atoms with E-state index in [1.807, 2.05) is 0 Å². The Hall–Kier alpha value is -0.0400. The van der Waals surface area contributed by atoms with Gasteiger partial charge in [-0.25, -0.2) is 0 Å². The molecule has 0 radical (unpaired) electrons. The molecule has 1 rings (SSSR count). The van der Waals surface area contributed by atoms with Crippen LogP contribution in [0.4, 0.5) is 0 Å². The molecule has 1 unspecified atom stereocenters. The van der Waals surface area contributed by atoms with Crippen molar-refractivity contribution in [3.8, 4) is 0 Å². The van der Waals surface area contributed by atoms with Crippen LogP contribution in [-0.4, -0.2) is 24.0 Å². The fourth-order valence-electron chi connectivity index (χ4n) is 3.77. The van der Waals surface area contributed by atoms with Crippen molar-refractivity contribution in [1.82, 2.24) is 4.90 Å². The van der Waals surface area contributed by atoms with Crippen molar-refractivity contribution in [1.29, 1.82) is 0 Å². The Morgan fingerprint density at radius 3 is 1.95 bits per heavy atom. The summed E-state index contributed by atoms with van der Waals surface area (Å²) in [5.41, 5.74) is 0. The lowest BCUT2D eigenvalue weighted by atomic mass is 10.0. The summed E-state index contributed by atoms with van der Waals surface area (Å²) in [6, 6.07) is 0.937. The van der Waals surface area contributed by atoms with Crippen molar-refractivity contribution in [3.63, 3.8) is 0 Å². The SMILES string of the molecule is CCCCCCCCC1CCCN1CCCCCCCC. The van der Waals surface area contributed by atoms with E-state index in [2.05, 4.69) is 18.7 Å². The lowest BCUT2D eigenvalue weighted by Crippen LogP contribution is -2.30. The monoisotopic (exact) mass is 295 g/mol. The number of unbranched alkanes of at least 4 members (excludes halogenated alkanes) is 10. The summed E-state index contributed by atoms with van der Waals surface area (Å²) in [4.78, 5) is 2.81. The zero-order valence-electron chi connectivity index (χ0n) is 15.0. The van der Waals surface area contributed by atoms with Crippen LogP contribution < -0.4 is 0 Å². The average molecular weight is 296 g/mol. The average Bonchev–Trinajstić information content (AvgIpc) is 2.94. The van der Waals surface area contributed by atoms with Gasteiger partial charge in [0.25, 0.3) is 0 Å². The predicted octanol–water partition coefficient (Wildman–Crippen LogP) is 6.56. The molecule has 1 saturated heterocycles. The fraction of sp³-hybridized carbons (Fsp3) is 1.00. The Morgan fingerprint density at radius 2 is 1.29 bits per heavy atom. The molecule has 1 heterocycles. The third-order valence-corrected chi connectivity index (χ3v) is 5.19. The van der Waals surface area contributed by atoms with E-state index in [4.69, 9.17) is 0 Å². The second-order valence-electron chi connectivity index (χ2n) is 7.16. The van der Waals surface area contributed by atoms with Crippen molar-refractivity contribution in [2.24, 2.45) is 0 Å². The van der Waals surface area contributed by atoms with Crippen molar-refractivity contribution >= 4 is 0 Å². The highest BCUT2D eigenvalue weighted by Crippen LogP contribution is 2.23. The molecule has 0 amide bonds. The molecule has 0 spiro atoms. The second kappa shape index (κ2) is 13.6. The van der Waals surface area contributed by atoms with E-state index >= 15 is 0 Å². The maximum atomic E-state index is 2.81. The molecule has 1 nitrogen and oxygen atoms in total. The maximum Gasteiger partial charge on any atom is 0.00957 e. The van der Waals surface area contributed by atoms with E-state index in [0.29, 0.717) is 0 Å².